The maximum absolute atomic E-state index is 8.65. The molecular formula is C12H21NOS. The summed E-state index contributed by atoms with van der Waals surface area (Å²) in [4.78, 5) is 1.43. The van der Waals surface area contributed by atoms with Crippen LogP contribution in [0.15, 0.2) is 17.5 Å². The second-order valence-corrected chi connectivity index (χ2v) is 4.69. The second kappa shape index (κ2) is 7.85. The van der Waals surface area contributed by atoms with E-state index in [4.69, 9.17) is 5.11 Å². The molecule has 0 bridgehead atoms. The highest BCUT2D eigenvalue weighted by atomic mass is 32.1. The molecule has 0 radical (unpaired) electrons. The lowest BCUT2D eigenvalue weighted by Gasteiger charge is -2.15. The van der Waals surface area contributed by atoms with Crippen molar-refractivity contribution in [1.82, 2.24) is 5.32 Å². The summed E-state index contributed by atoms with van der Waals surface area (Å²) >= 11 is 1.82. The number of rotatable bonds is 8. The summed E-state index contributed by atoms with van der Waals surface area (Å²) in [6.07, 6.45) is 4.34. The fourth-order valence-electron chi connectivity index (χ4n) is 1.63. The molecule has 0 aliphatic rings. The lowest BCUT2D eigenvalue weighted by atomic mass is 10.1. The summed E-state index contributed by atoms with van der Waals surface area (Å²) in [5.74, 6) is 0. The van der Waals surface area contributed by atoms with Gasteiger partial charge in [-0.05, 0) is 43.7 Å². The number of unbranched alkanes of at least 4 members (excludes halogenated alkanes) is 2. The van der Waals surface area contributed by atoms with Crippen molar-refractivity contribution < 1.29 is 5.11 Å². The van der Waals surface area contributed by atoms with Crippen molar-refractivity contribution in [1.29, 1.82) is 0 Å². The first-order valence-electron chi connectivity index (χ1n) is 5.76. The van der Waals surface area contributed by atoms with Gasteiger partial charge in [0.15, 0.2) is 0 Å². The molecule has 1 heterocycles. The van der Waals surface area contributed by atoms with E-state index in [1.165, 1.54) is 4.88 Å². The third-order valence-electron chi connectivity index (χ3n) is 2.52. The summed E-state index contributed by atoms with van der Waals surface area (Å²) in [7, 11) is 0. The largest absolute Gasteiger partial charge is 0.396 e. The Morgan fingerprint density at radius 1 is 1.40 bits per heavy atom. The lowest BCUT2D eigenvalue weighted by molar-refractivity contribution is 0.282. The smallest absolute Gasteiger partial charge is 0.0431 e. The van der Waals surface area contributed by atoms with Gasteiger partial charge in [-0.2, -0.15) is 0 Å². The number of aliphatic hydroxyl groups excluding tert-OH is 1. The Morgan fingerprint density at radius 2 is 2.27 bits per heavy atom. The SMILES string of the molecule is CCC(NCCCCCO)c1cccs1. The first kappa shape index (κ1) is 12.7. The highest BCUT2D eigenvalue weighted by Gasteiger charge is 2.08. The van der Waals surface area contributed by atoms with Gasteiger partial charge in [0, 0.05) is 17.5 Å². The summed E-state index contributed by atoms with van der Waals surface area (Å²) in [5.41, 5.74) is 0. The van der Waals surface area contributed by atoms with Gasteiger partial charge in [-0.1, -0.05) is 13.0 Å². The molecule has 0 spiro atoms. The molecule has 0 amide bonds. The average molecular weight is 227 g/mol. The molecule has 1 rings (SSSR count). The van der Waals surface area contributed by atoms with Crippen molar-refractivity contribution in [2.45, 2.75) is 38.6 Å². The van der Waals surface area contributed by atoms with Crippen molar-refractivity contribution in [3.05, 3.63) is 22.4 Å². The molecule has 3 heteroatoms. The topological polar surface area (TPSA) is 32.3 Å². The van der Waals surface area contributed by atoms with Gasteiger partial charge in [-0.3, -0.25) is 0 Å². The number of aliphatic hydroxyl groups is 1. The molecular weight excluding hydrogens is 206 g/mol. The standard InChI is InChI=1S/C12H21NOS/c1-2-11(12-7-6-10-15-12)13-8-4-3-5-9-14/h6-7,10-11,13-14H,2-5,8-9H2,1H3. The molecule has 1 unspecified atom stereocenters. The van der Waals surface area contributed by atoms with E-state index in [0.717, 1.165) is 32.2 Å². The van der Waals surface area contributed by atoms with Gasteiger partial charge in [0.25, 0.3) is 0 Å². The molecule has 1 aromatic heterocycles. The van der Waals surface area contributed by atoms with Crippen molar-refractivity contribution in [3.8, 4) is 0 Å². The normalized spacial score (nSPS) is 12.9. The van der Waals surface area contributed by atoms with Crippen LogP contribution in [0, 0.1) is 0 Å². The quantitative estimate of drug-likeness (QED) is 0.669. The highest BCUT2D eigenvalue weighted by molar-refractivity contribution is 7.10. The molecule has 0 saturated heterocycles. The monoisotopic (exact) mass is 227 g/mol. The Labute approximate surface area is 96.3 Å². The van der Waals surface area contributed by atoms with E-state index in [0.29, 0.717) is 12.6 Å². The number of nitrogens with one attached hydrogen (secondary N) is 1. The summed E-state index contributed by atoms with van der Waals surface area (Å²) in [6.45, 7) is 3.59. The zero-order chi connectivity index (χ0) is 10.9. The van der Waals surface area contributed by atoms with Gasteiger partial charge in [0.1, 0.15) is 0 Å². The van der Waals surface area contributed by atoms with Gasteiger partial charge in [-0.15, -0.1) is 11.3 Å². The zero-order valence-electron chi connectivity index (χ0n) is 9.41. The molecule has 0 saturated carbocycles. The van der Waals surface area contributed by atoms with Crippen LogP contribution in [0.1, 0.15) is 43.5 Å². The van der Waals surface area contributed by atoms with Crippen LogP contribution in [0.3, 0.4) is 0 Å². The minimum absolute atomic E-state index is 0.322. The summed E-state index contributed by atoms with van der Waals surface area (Å²) < 4.78 is 0. The van der Waals surface area contributed by atoms with Gasteiger partial charge in [-0.25, -0.2) is 0 Å². The van der Waals surface area contributed by atoms with Crippen LogP contribution in [0.2, 0.25) is 0 Å². The van der Waals surface area contributed by atoms with Crippen molar-refractivity contribution in [3.63, 3.8) is 0 Å². The molecule has 2 N–H and O–H groups in total. The molecule has 0 fully saturated rings. The predicted octanol–water partition coefficient (Wildman–Crippen LogP) is 2.95. The van der Waals surface area contributed by atoms with Crippen LogP contribution in [-0.4, -0.2) is 18.3 Å². The minimum Gasteiger partial charge on any atom is -0.396 e. The van der Waals surface area contributed by atoms with E-state index in [1.807, 2.05) is 11.3 Å². The maximum Gasteiger partial charge on any atom is 0.0431 e. The molecule has 15 heavy (non-hydrogen) atoms. The Balaban J connectivity index is 2.18. The van der Waals surface area contributed by atoms with E-state index in [1.54, 1.807) is 0 Å². The molecule has 0 aliphatic carbocycles. The van der Waals surface area contributed by atoms with E-state index in [2.05, 4.69) is 29.8 Å². The van der Waals surface area contributed by atoms with Gasteiger partial charge < -0.3 is 10.4 Å². The van der Waals surface area contributed by atoms with E-state index < -0.39 is 0 Å². The third kappa shape index (κ3) is 4.78. The van der Waals surface area contributed by atoms with E-state index in [9.17, 15) is 0 Å². The molecule has 1 aromatic rings. The zero-order valence-corrected chi connectivity index (χ0v) is 10.2. The van der Waals surface area contributed by atoms with Crippen LogP contribution in [-0.2, 0) is 0 Å². The lowest BCUT2D eigenvalue weighted by Crippen LogP contribution is -2.21. The third-order valence-corrected chi connectivity index (χ3v) is 3.51. The predicted molar refractivity (Wildman–Crippen MR) is 66.3 cm³/mol. The Morgan fingerprint density at radius 3 is 2.87 bits per heavy atom. The minimum atomic E-state index is 0.322. The molecule has 1 atom stereocenters. The van der Waals surface area contributed by atoms with Crippen LogP contribution in [0.5, 0.6) is 0 Å². The fourth-order valence-corrected chi connectivity index (χ4v) is 2.51. The molecule has 86 valence electrons. The van der Waals surface area contributed by atoms with Crippen molar-refractivity contribution in [2.75, 3.05) is 13.2 Å². The van der Waals surface area contributed by atoms with Gasteiger partial charge in [0.05, 0.1) is 0 Å². The van der Waals surface area contributed by atoms with E-state index in [-0.39, 0.29) is 0 Å². The first-order chi connectivity index (χ1) is 7.38. The highest BCUT2D eigenvalue weighted by Crippen LogP contribution is 2.21. The Bertz CT molecular complexity index is 236. The summed E-state index contributed by atoms with van der Waals surface area (Å²) in [5, 5.41) is 14.3. The number of hydrogen-bond donors (Lipinski definition) is 2. The fraction of sp³-hybridized carbons (Fsp3) is 0.667. The second-order valence-electron chi connectivity index (χ2n) is 3.71. The van der Waals surface area contributed by atoms with Crippen LogP contribution in [0.25, 0.3) is 0 Å². The van der Waals surface area contributed by atoms with E-state index >= 15 is 0 Å². The van der Waals surface area contributed by atoms with Crippen LogP contribution >= 0.6 is 11.3 Å². The van der Waals surface area contributed by atoms with Crippen LogP contribution in [0.4, 0.5) is 0 Å². The maximum atomic E-state index is 8.65. The molecule has 0 aliphatic heterocycles. The van der Waals surface area contributed by atoms with Gasteiger partial charge >= 0.3 is 0 Å². The first-order valence-corrected chi connectivity index (χ1v) is 6.64. The van der Waals surface area contributed by atoms with Crippen molar-refractivity contribution in [2.24, 2.45) is 0 Å². The Hall–Kier alpha value is -0.380. The number of thiophene rings is 1. The van der Waals surface area contributed by atoms with Gasteiger partial charge in [0.2, 0.25) is 0 Å². The number of hydrogen-bond acceptors (Lipinski definition) is 3. The molecule has 0 aromatic carbocycles. The average Bonchev–Trinajstić information content (AvgIpc) is 2.77. The Kier molecular flexibility index (Phi) is 6.64. The summed E-state index contributed by atoms with van der Waals surface area (Å²) in [6, 6.07) is 4.81. The molecule has 2 nitrogen and oxygen atoms in total. The van der Waals surface area contributed by atoms with Crippen molar-refractivity contribution >= 4 is 11.3 Å². The van der Waals surface area contributed by atoms with Crippen LogP contribution < -0.4 is 5.32 Å².